The highest BCUT2D eigenvalue weighted by atomic mass is 16.6. The molecule has 2 aromatic rings. The molecule has 2 rings (SSSR count). The van der Waals surface area contributed by atoms with Gasteiger partial charge in [-0.3, -0.25) is 10.1 Å². The van der Waals surface area contributed by atoms with Crippen molar-refractivity contribution in [2.45, 2.75) is 6.61 Å². The number of benzene rings is 2. The van der Waals surface area contributed by atoms with E-state index in [1.807, 2.05) is 24.3 Å². The monoisotopic (exact) mass is 273 g/mol. The van der Waals surface area contributed by atoms with Crippen LogP contribution in [-0.2, 0) is 11.3 Å². The van der Waals surface area contributed by atoms with E-state index in [9.17, 15) is 10.1 Å². The Morgan fingerprint density at radius 1 is 1.30 bits per heavy atom. The molecule has 104 valence electrons. The molecular weight excluding hydrogens is 258 g/mol. The van der Waals surface area contributed by atoms with Crippen LogP contribution in [0.3, 0.4) is 0 Å². The molecule has 0 radical (unpaired) electrons. The van der Waals surface area contributed by atoms with E-state index in [0.29, 0.717) is 12.3 Å². The van der Waals surface area contributed by atoms with E-state index >= 15 is 0 Å². The smallest absolute Gasteiger partial charge is 0.315 e. The predicted octanol–water partition coefficient (Wildman–Crippen LogP) is 3.07. The van der Waals surface area contributed by atoms with Gasteiger partial charge in [0.05, 0.1) is 11.5 Å². The normalized spacial score (nSPS) is 10.2. The van der Waals surface area contributed by atoms with E-state index in [1.165, 1.54) is 6.07 Å². The van der Waals surface area contributed by atoms with Crippen LogP contribution in [0.2, 0.25) is 0 Å². The number of anilines is 3. The van der Waals surface area contributed by atoms with Gasteiger partial charge in [-0.15, -0.1) is 0 Å². The van der Waals surface area contributed by atoms with Crippen LogP contribution < -0.4 is 11.1 Å². The summed E-state index contributed by atoms with van der Waals surface area (Å²) in [5.74, 6) is 0. The van der Waals surface area contributed by atoms with Crippen LogP contribution in [0.1, 0.15) is 5.56 Å². The molecule has 0 aliphatic carbocycles. The van der Waals surface area contributed by atoms with Gasteiger partial charge in [-0.25, -0.2) is 0 Å². The van der Waals surface area contributed by atoms with Crippen LogP contribution in [0.25, 0.3) is 0 Å². The van der Waals surface area contributed by atoms with Gasteiger partial charge in [-0.1, -0.05) is 18.2 Å². The maximum atomic E-state index is 11.1. The molecule has 3 N–H and O–H groups in total. The topological polar surface area (TPSA) is 90.4 Å². The Balaban J connectivity index is 2.32. The van der Waals surface area contributed by atoms with Crippen molar-refractivity contribution < 1.29 is 9.66 Å². The molecule has 20 heavy (non-hydrogen) atoms. The Morgan fingerprint density at radius 3 is 2.75 bits per heavy atom. The van der Waals surface area contributed by atoms with Gasteiger partial charge in [0, 0.05) is 12.8 Å². The van der Waals surface area contributed by atoms with Crippen molar-refractivity contribution in [3.05, 3.63) is 58.1 Å². The molecule has 0 fully saturated rings. The molecule has 0 atom stereocenters. The molecule has 0 aliphatic heterocycles. The van der Waals surface area contributed by atoms with E-state index in [1.54, 1.807) is 19.2 Å². The number of nitro groups is 1. The van der Waals surface area contributed by atoms with Gasteiger partial charge < -0.3 is 15.8 Å². The predicted molar refractivity (Wildman–Crippen MR) is 77.9 cm³/mol. The van der Waals surface area contributed by atoms with Crippen LogP contribution in [0.5, 0.6) is 0 Å². The van der Waals surface area contributed by atoms with E-state index in [0.717, 1.165) is 11.3 Å². The lowest BCUT2D eigenvalue weighted by Crippen LogP contribution is -2.01. The number of methoxy groups -OCH3 is 1. The Labute approximate surface area is 116 Å². The summed E-state index contributed by atoms with van der Waals surface area (Å²) >= 11 is 0. The van der Waals surface area contributed by atoms with Gasteiger partial charge in [0.15, 0.2) is 0 Å². The second-order valence-electron chi connectivity index (χ2n) is 4.26. The number of nitrogen functional groups attached to an aromatic ring is 1. The Kier molecular flexibility index (Phi) is 4.17. The minimum Gasteiger partial charge on any atom is -0.393 e. The van der Waals surface area contributed by atoms with Crippen molar-refractivity contribution in [2.24, 2.45) is 0 Å². The minimum absolute atomic E-state index is 0.121. The molecule has 0 saturated heterocycles. The van der Waals surface area contributed by atoms with Crippen molar-refractivity contribution in [1.82, 2.24) is 0 Å². The Bertz CT molecular complexity index is 629. The lowest BCUT2D eigenvalue weighted by Gasteiger charge is -2.09. The van der Waals surface area contributed by atoms with Crippen LogP contribution >= 0.6 is 0 Å². The Morgan fingerprint density at radius 2 is 2.05 bits per heavy atom. The number of nitrogens with two attached hydrogens (primary N) is 1. The number of para-hydroxylation sites is 1. The summed E-state index contributed by atoms with van der Waals surface area (Å²) in [6.07, 6.45) is 0. The maximum absolute atomic E-state index is 11.1. The van der Waals surface area contributed by atoms with Crippen LogP contribution in [-0.4, -0.2) is 12.0 Å². The van der Waals surface area contributed by atoms with Crippen molar-refractivity contribution >= 4 is 22.7 Å². The third-order valence-corrected chi connectivity index (χ3v) is 2.77. The Hall–Kier alpha value is -2.60. The van der Waals surface area contributed by atoms with E-state index in [-0.39, 0.29) is 11.4 Å². The fraction of sp³-hybridized carbons (Fsp3) is 0.143. The molecule has 0 bridgehead atoms. The summed E-state index contributed by atoms with van der Waals surface area (Å²) < 4.78 is 5.06. The lowest BCUT2D eigenvalue weighted by atomic mass is 10.2. The lowest BCUT2D eigenvalue weighted by molar-refractivity contribution is -0.383. The zero-order chi connectivity index (χ0) is 14.5. The molecule has 6 nitrogen and oxygen atoms in total. The molecule has 0 aliphatic rings. The van der Waals surface area contributed by atoms with Crippen LogP contribution in [0.4, 0.5) is 22.7 Å². The van der Waals surface area contributed by atoms with Crippen molar-refractivity contribution in [3.63, 3.8) is 0 Å². The van der Waals surface area contributed by atoms with Crippen LogP contribution in [0, 0.1) is 10.1 Å². The quantitative estimate of drug-likeness (QED) is 0.496. The first-order valence-electron chi connectivity index (χ1n) is 5.99. The van der Waals surface area contributed by atoms with E-state index in [4.69, 9.17) is 10.5 Å². The highest BCUT2D eigenvalue weighted by Gasteiger charge is 2.17. The minimum atomic E-state index is -0.489. The van der Waals surface area contributed by atoms with Crippen molar-refractivity contribution in [1.29, 1.82) is 0 Å². The fourth-order valence-corrected chi connectivity index (χ4v) is 1.93. The maximum Gasteiger partial charge on any atom is 0.315 e. The SMILES string of the molecule is COCc1cccc(Nc2cccc(N)c2[N+](=O)[O-])c1. The fourth-order valence-electron chi connectivity index (χ4n) is 1.93. The molecule has 0 spiro atoms. The highest BCUT2D eigenvalue weighted by molar-refractivity contribution is 5.78. The number of nitro benzene ring substituents is 1. The first-order valence-corrected chi connectivity index (χ1v) is 5.99. The van der Waals surface area contributed by atoms with E-state index < -0.39 is 4.92 Å². The average Bonchev–Trinajstić information content (AvgIpc) is 2.39. The standard InChI is InChI=1S/C14H15N3O3/c1-20-9-10-4-2-5-11(8-10)16-13-7-3-6-12(15)14(13)17(18)19/h2-8,16H,9,15H2,1H3. The zero-order valence-corrected chi connectivity index (χ0v) is 11.0. The van der Waals surface area contributed by atoms with Crippen molar-refractivity contribution in [3.8, 4) is 0 Å². The van der Waals surface area contributed by atoms with Gasteiger partial charge >= 0.3 is 5.69 Å². The molecule has 0 aromatic heterocycles. The number of hydrogen-bond donors (Lipinski definition) is 2. The molecule has 0 heterocycles. The number of nitrogens with zero attached hydrogens (tertiary/aromatic N) is 1. The van der Waals surface area contributed by atoms with Crippen molar-refractivity contribution in [2.75, 3.05) is 18.2 Å². The molecule has 6 heteroatoms. The van der Waals surface area contributed by atoms with E-state index in [2.05, 4.69) is 5.32 Å². The number of hydrogen-bond acceptors (Lipinski definition) is 5. The molecule has 0 saturated carbocycles. The third-order valence-electron chi connectivity index (χ3n) is 2.77. The summed E-state index contributed by atoms with van der Waals surface area (Å²) in [6, 6.07) is 12.3. The summed E-state index contributed by atoms with van der Waals surface area (Å²) in [6.45, 7) is 0.481. The first-order chi connectivity index (χ1) is 9.61. The largest absolute Gasteiger partial charge is 0.393 e. The molecule has 2 aromatic carbocycles. The summed E-state index contributed by atoms with van der Waals surface area (Å²) in [5, 5.41) is 14.1. The number of nitrogens with one attached hydrogen (secondary N) is 1. The summed E-state index contributed by atoms with van der Waals surface area (Å²) in [5.41, 5.74) is 7.75. The second-order valence-corrected chi connectivity index (χ2v) is 4.26. The molecule has 0 amide bonds. The van der Waals surface area contributed by atoms with Gasteiger partial charge in [-0.05, 0) is 29.8 Å². The number of rotatable bonds is 5. The molecule has 0 unspecified atom stereocenters. The first kappa shape index (κ1) is 13.8. The number of ether oxygens (including phenoxy) is 1. The van der Waals surface area contributed by atoms with Gasteiger partial charge in [0.2, 0.25) is 0 Å². The average molecular weight is 273 g/mol. The molecular formula is C14H15N3O3. The summed E-state index contributed by atoms with van der Waals surface area (Å²) in [4.78, 5) is 10.6. The zero-order valence-electron chi connectivity index (χ0n) is 11.0. The third kappa shape index (κ3) is 3.04. The van der Waals surface area contributed by atoms with Gasteiger partial charge in [0.25, 0.3) is 0 Å². The second kappa shape index (κ2) is 6.03. The van der Waals surface area contributed by atoms with Crippen LogP contribution in [0.15, 0.2) is 42.5 Å². The van der Waals surface area contributed by atoms with Gasteiger partial charge in [-0.2, -0.15) is 0 Å². The van der Waals surface area contributed by atoms with Gasteiger partial charge in [0.1, 0.15) is 11.4 Å². The summed E-state index contributed by atoms with van der Waals surface area (Å²) in [7, 11) is 1.61. The highest BCUT2D eigenvalue weighted by Crippen LogP contribution is 2.32.